The Morgan fingerprint density at radius 3 is 2.70 bits per heavy atom. The molecule has 1 heterocycles. The molecule has 4 nitrogen and oxygen atoms in total. The molecule has 5 heteroatoms. The minimum Gasteiger partial charge on any atom is -0.389 e. The Labute approximate surface area is 140 Å². The Morgan fingerprint density at radius 1 is 1.17 bits per heavy atom. The van der Waals surface area contributed by atoms with Gasteiger partial charge in [-0.05, 0) is 36.8 Å². The zero-order chi connectivity index (χ0) is 16.2. The van der Waals surface area contributed by atoms with E-state index in [1.54, 1.807) is 6.33 Å². The zero-order valence-electron chi connectivity index (χ0n) is 12.9. The minimum atomic E-state index is -0.595. The van der Waals surface area contributed by atoms with Gasteiger partial charge in [0.1, 0.15) is 0 Å². The highest BCUT2D eigenvalue weighted by Gasteiger charge is 2.12. The van der Waals surface area contributed by atoms with Crippen molar-refractivity contribution >= 4 is 22.6 Å². The van der Waals surface area contributed by atoms with Gasteiger partial charge in [0.15, 0.2) is 0 Å². The lowest BCUT2D eigenvalue weighted by Gasteiger charge is -2.17. The number of imidazole rings is 1. The molecule has 1 N–H and O–H groups in total. The third-order valence-corrected chi connectivity index (χ3v) is 4.06. The summed E-state index contributed by atoms with van der Waals surface area (Å²) < 4.78 is 7.70. The van der Waals surface area contributed by atoms with Crippen LogP contribution >= 0.6 is 11.6 Å². The van der Waals surface area contributed by atoms with E-state index in [1.165, 1.54) is 0 Å². The van der Waals surface area contributed by atoms with Crippen LogP contribution in [0.5, 0.6) is 0 Å². The number of fused-ring (bicyclic) bond motifs is 1. The lowest BCUT2D eigenvalue weighted by Crippen LogP contribution is -2.22. The summed E-state index contributed by atoms with van der Waals surface area (Å²) in [6, 6.07) is 15.4. The molecule has 3 rings (SSSR count). The number of nitrogens with zero attached hydrogens (tertiary/aromatic N) is 2. The first-order chi connectivity index (χ1) is 11.1. The molecule has 0 saturated carbocycles. The van der Waals surface area contributed by atoms with Gasteiger partial charge >= 0.3 is 0 Å². The van der Waals surface area contributed by atoms with Crippen LogP contribution in [0.25, 0.3) is 11.0 Å². The summed E-state index contributed by atoms with van der Waals surface area (Å²) in [6.45, 7) is 2.67. The largest absolute Gasteiger partial charge is 0.389 e. The van der Waals surface area contributed by atoms with E-state index in [4.69, 9.17) is 16.3 Å². The van der Waals surface area contributed by atoms with Crippen LogP contribution in [-0.4, -0.2) is 27.4 Å². The monoisotopic (exact) mass is 330 g/mol. The van der Waals surface area contributed by atoms with Crippen molar-refractivity contribution in [2.45, 2.75) is 25.7 Å². The SMILES string of the molecule is C[C@@H](OC[C@H](O)Cn1cnc2ccccc21)c1ccc(Cl)cc1. The highest BCUT2D eigenvalue weighted by molar-refractivity contribution is 6.30. The van der Waals surface area contributed by atoms with Gasteiger partial charge < -0.3 is 14.4 Å². The van der Waals surface area contributed by atoms with Crippen LogP contribution in [-0.2, 0) is 11.3 Å². The lowest BCUT2D eigenvalue weighted by molar-refractivity contribution is -0.00834. The second-order valence-corrected chi connectivity index (χ2v) is 6.00. The maximum absolute atomic E-state index is 10.2. The van der Waals surface area contributed by atoms with E-state index in [2.05, 4.69) is 4.98 Å². The van der Waals surface area contributed by atoms with Crippen molar-refractivity contribution in [3.8, 4) is 0 Å². The molecule has 0 aliphatic rings. The topological polar surface area (TPSA) is 47.3 Å². The van der Waals surface area contributed by atoms with Crippen molar-refractivity contribution < 1.29 is 9.84 Å². The maximum Gasteiger partial charge on any atom is 0.0959 e. The summed E-state index contributed by atoms with van der Waals surface area (Å²) in [4.78, 5) is 4.32. The van der Waals surface area contributed by atoms with Crippen LogP contribution in [0.2, 0.25) is 5.02 Å². The number of aliphatic hydroxyl groups excluding tert-OH is 1. The molecule has 0 unspecified atom stereocenters. The molecule has 0 amide bonds. The van der Waals surface area contributed by atoms with Gasteiger partial charge in [0.25, 0.3) is 0 Å². The molecule has 23 heavy (non-hydrogen) atoms. The number of benzene rings is 2. The Balaban J connectivity index is 1.57. The molecule has 0 bridgehead atoms. The molecule has 0 spiro atoms. The Bertz CT molecular complexity index is 770. The van der Waals surface area contributed by atoms with Gasteiger partial charge in [-0.25, -0.2) is 4.98 Å². The molecular formula is C18H19ClN2O2. The molecule has 0 radical (unpaired) electrons. The Hall–Kier alpha value is -1.88. The minimum absolute atomic E-state index is 0.0959. The first kappa shape index (κ1) is 16.0. The molecular weight excluding hydrogens is 312 g/mol. The van der Waals surface area contributed by atoms with E-state index >= 15 is 0 Å². The normalized spacial score (nSPS) is 14.0. The summed E-state index contributed by atoms with van der Waals surface area (Å²) in [5.74, 6) is 0. The van der Waals surface area contributed by atoms with Crippen LogP contribution in [0.3, 0.4) is 0 Å². The first-order valence-electron chi connectivity index (χ1n) is 7.58. The van der Waals surface area contributed by atoms with Gasteiger partial charge in [-0.15, -0.1) is 0 Å². The average molecular weight is 331 g/mol. The molecule has 2 atom stereocenters. The molecule has 3 aromatic rings. The predicted molar refractivity (Wildman–Crippen MR) is 91.6 cm³/mol. The van der Waals surface area contributed by atoms with Crippen LogP contribution in [0.1, 0.15) is 18.6 Å². The van der Waals surface area contributed by atoms with Crippen LogP contribution < -0.4 is 0 Å². The van der Waals surface area contributed by atoms with Gasteiger partial charge in [0, 0.05) is 5.02 Å². The molecule has 120 valence electrons. The number of hydrogen-bond acceptors (Lipinski definition) is 3. The van der Waals surface area contributed by atoms with Crippen LogP contribution in [0.4, 0.5) is 0 Å². The predicted octanol–water partition coefficient (Wildman–Crippen LogP) is 3.83. The second kappa shape index (κ2) is 7.13. The molecule has 1 aromatic heterocycles. The highest BCUT2D eigenvalue weighted by Crippen LogP contribution is 2.19. The lowest BCUT2D eigenvalue weighted by atomic mass is 10.1. The van der Waals surface area contributed by atoms with Crippen molar-refractivity contribution in [1.29, 1.82) is 0 Å². The van der Waals surface area contributed by atoms with E-state index < -0.39 is 6.10 Å². The van der Waals surface area contributed by atoms with Crippen molar-refractivity contribution in [1.82, 2.24) is 9.55 Å². The summed E-state index contributed by atoms with van der Waals surface area (Å²) in [5, 5.41) is 10.9. The zero-order valence-corrected chi connectivity index (χ0v) is 13.6. The number of para-hydroxylation sites is 2. The third-order valence-electron chi connectivity index (χ3n) is 3.81. The molecule has 0 aliphatic carbocycles. The average Bonchev–Trinajstić information content (AvgIpc) is 2.96. The van der Waals surface area contributed by atoms with E-state index in [0.717, 1.165) is 16.6 Å². The van der Waals surface area contributed by atoms with E-state index in [0.29, 0.717) is 11.6 Å². The van der Waals surface area contributed by atoms with Crippen molar-refractivity contribution in [3.63, 3.8) is 0 Å². The summed E-state index contributed by atoms with van der Waals surface area (Å²) in [6.07, 6.45) is 1.06. The van der Waals surface area contributed by atoms with Gasteiger partial charge in [0.2, 0.25) is 0 Å². The summed E-state index contributed by atoms with van der Waals surface area (Å²) in [5.41, 5.74) is 2.97. The maximum atomic E-state index is 10.2. The standard InChI is InChI=1S/C18H19ClN2O2/c1-13(14-6-8-15(19)9-7-14)23-11-16(22)10-21-12-20-17-4-2-3-5-18(17)21/h2-9,12-13,16,22H,10-11H2,1H3/t13-,16-/m1/s1. The molecule has 0 saturated heterocycles. The second-order valence-electron chi connectivity index (χ2n) is 5.57. The van der Waals surface area contributed by atoms with Crippen LogP contribution in [0.15, 0.2) is 54.9 Å². The smallest absolute Gasteiger partial charge is 0.0959 e. The van der Waals surface area contributed by atoms with Gasteiger partial charge in [-0.2, -0.15) is 0 Å². The number of aliphatic hydroxyl groups is 1. The quantitative estimate of drug-likeness (QED) is 0.747. The third kappa shape index (κ3) is 3.91. The van der Waals surface area contributed by atoms with Crippen molar-refractivity contribution in [2.75, 3.05) is 6.61 Å². The van der Waals surface area contributed by atoms with E-state index in [9.17, 15) is 5.11 Å². The first-order valence-corrected chi connectivity index (χ1v) is 7.96. The van der Waals surface area contributed by atoms with Gasteiger partial charge in [-0.3, -0.25) is 0 Å². The molecule has 2 aromatic carbocycles. The summed E-state index contributed by atoms with van der Waals surface area (Å²) in [7, 11) is 0. The molecule has 0 aliphatic heterocycles. The Morgan fingerprint density at radius 2 is 1.91 bits per heavy atom. The molecule has 0 fully saturated rings. The Kier molecular flexibility index (Phi) is 4.96. The fourth-order valence-electron chi connectivity index (χ4n) is 2.52. The number of aromatic nitrogens is 2. The number of halogens is 1. The fraction of sp³-hybridized carbons (Fsp3) is 0.278. The van der Waals surface area contributed by atoms with Gasteiger partial charge in [-0.1, -0.05) is 35.9 Å². The van der Waals surface area contributed by atoms with Crippen LogP contribution in [0, 0.1) is 0 Å². The highest BCUT2D eigenvalue weighted by atomic mass is 35.5. The van der Waals surface area contributed by atoms with Gasteiger partial charge in [0.05, 0.1) is 42.7 Å². The van der Waals surface area contributed by atoms with E-state index in [1.807, 2.05) is 60.0 Å². The number of hydrogen-bond donors (Lipinski definition) is 1. The fourth-order valence-corrected chi connectivity index (χ4v) is 2.65. The van der Waals surface area contributed by atoms with E-state index in [-0.39, 0.29) is 12.7 Å². The number of rotatable bonds is 6. The number of ether oxygens (including phenoxy) is 1. The van der Waals surface area contributed by atoms with Crippen molar-refractivity contribution in [3.05, 3.63) is 65.4 Å². The summed E-state index contributed by atoms with van der Waals surface area (Å²) >= 11 is 5.88. The van der Waals surface area contributed by atoms with Crippen molar-refractivity contribution in [2.24, 2.45) is 0 Å².